The van der Waals surface area contributed by atoms with Gasteiger partial charge in [0.05, 0.1) is 13.2 Å². The van der Waals surface area contributed by atoms with E-state index < -0.39 is 0 Å². The van der Waals surface area contributed by atoms with E-state index >= 15 is 0 Å². The molecule has 6 heteroatoms. The molecule has 0 fully saturated rings. The van der Waals surface area contributed by atoms with Crippen LogP contribution in [0.3, 0.4) is 0 Å². The fraction of sp³-hybridized carbons (Fsp3) is 0.269. The Balaban J connectivity index is 1.74. The summed E-state index contributed by atoms with van der Waals surface area (Å²) >= 11 is 6.50. The number of nitrogens with one attached hydrogen (secondary N) is 1. The lowest BCUT2D eigenvalue weighted by Gasteiger charge is -2.31. The second-order valence-electron chi connectivity index (χ2n) is 7.51. The molecule has 166 valence electrons. The average Bonchev–Trinajstić information content (AvgIpc) is 2.81. The summed E-state index contributed by atoms with van der Waals surface area (Å²) in [6, 6.07) is 21.1. The zero-order valence-electron chi connectivity index (χ0n) is 18.2. The van der Waals surface area contributed by atoms with Crippen LogP contribution in [0.5, 0.6) is 17.2 Å². The van der Waals surface area contributed by atoms with Gasteiger partial charge >= 0.3 is 0 Å². The standard InChI is InChI=1S/C26H27ClN2O3/c1-3-31-18-14-12-17(13-15-18)22-16-23(20-9-7-11-24(25(20)30)32-4-2)29-26(28-22)19-8-5-6-10-21(19)27/h5-15,23,26,29-30H,3-4,16H2,1-2H3/t23-,26-/m0/s1. The molecule has 32 heavy (non-hydrogen) atoms. The lowest BCUT2D eigenvalue weighted by molar-refractivity contribution is 0.313. The third-order valence-electron chi connectivity index (χ3n) is 5.45. The summed E-state index contributed by atoms with van der Waals surface area (Å²) in [6.07, 6.45) is 0.261. The molecule has 0 bridgehead atoms. The van der Waals surface area contributed by atoms with Gasteiger partial charge in [-0.3, -0.25) is 10.3 Å². The molecule has 1 aliphatic heterocycles. The summed E-state index contributed by atoms with van der Waals surface area (Å²) in [5.74, 6) is 1.45. The minimum Gasteiger partial charge on any atom is -0.504 e. The molecule has 3 aromatic rings. The molecule has 0 radical (unpaired) electrons. The van der Waals surface area contributed by atoms with Gasteiger partial charge in [-0.1, -0.05) is 41.9 Å². The summed E-state index contributed by atoms with van der Waals surface area (Å²) in [7, 11) is 0. The number of phenolic OH excluding ortho intramolecular Hbond substituents is 1. The van der Waals surface area contributed by atoms with E-state index in [-0.39, 0.29) is 18.0 Å². The summed E-state index contributed by atoms with van der Waals surface area (Å²) in [5.41, 5.74) is 3.61. The lowest BCUT2D eigenvalue weighted by Crippen LogP contribution is -2.33. The van der Waals surface area contributed by atoms with Gasteiger partial charge in [0.15, 0.2) is 11.5 Å². The maximum Gasteiger partial charge on any atom is 0.162 e. The normalized spacial score (nSPS) is 18.2. The van der Waals surface area contributed by atoms with Crippen molar-refractivity contribution in [2.24, 2.45) is 4.99 Å². The largest absolute Gasteiger partial charge is 0.504 e. The van der Waals surface area contributed by atoms with Crippen LogP contribution in [0.2, 0.25) is 5.02 Å². The molecule has 4 rings (SSSR count). The number of hydrogen-bond donors (Lipinski definition) is 2. The number of para-hydroxylation sites is 1. The Morgan fingerprint density at radius 3 is 2.38 bits per heavy atom. The van der Waals surface area contributed by atoms with Crippen LogP contribution in [0.25, 0.3) is 0 Å². The Bertz CT molecular complexity index is 1100. The van der Waals surface area contributed by atoms with Gasteiger partial charge in [0.1, 0.15) is 11.9 Å². The predicted octanol–water partition coefficient (Wildman–Crippen LogP) is 6.07. The van der Waals surface area contributed by atoms with Crippen molar-refractivity contribution in [3.63, 3.8) is 0 Å². The van der Waals surface area contributed by atoms with Crippen LogP contribution < -0.4 is 14.8 Å². The summed E-state index contributed by atoms with van der Waals surface area (Å²) in [5, 5.41) is 15.1. The highest BCUT2D eigenvalue weighted by atomic mass is 35.5. The smallest absolute Gasteiger partial charge is 0.162 e. The van der Waals surface area contributed by atoms with E-state index in [2.05, 4.69) is 5.32 Å². The molecule has 0 unspecified atom stereocenters. The Hall–Kier alpha value is -3.02. The third kappa shape index (κ3) is 4.74. The number of rotatable bonds is 7. The van der Waals surface area contributed by atoms with E-state index in [1.165, 1.54) is 0 Å². The maximum absolute atomic E-state index is 10.9. The van der Waals surface area contributed by atoms with Crippen molar-refractivity contribution in [1.29, 1.82) is 0 Å². The van der Waals surface area contributed by atoms with Crippen LogP contribution >= 0.6 is 11.6 Å². The van der Waals surface area contributed by atoms with Crippen molar-refractivity contribution in [1.82, 2.24) is 5.32 Å². The van der Waals surface area contributed by atoms with Crippen LogP contribution in [-0.2, 0) is 0 Å². The number of phenols is 1. The van der Waals surface area contributed by atoms with Crippen LogP contribution in [0.4, 0.5) is 0 Å². The number of hydrogen-bond acceptors (Lipinski definition) is 5. The van der Waals surface area contributed by atoms with Crippen molar-refractivity contribution in [2.75, 3.05) is 13.2 Å². The fourth-order valence-electron chi connectivity index (χ4n) is 3.94. The summed E-state index contributed by atoms with van der Waals surface area (Å²) in [6.45, 7) is 4.97. The molecule has 2 atom stereocenters. The van der Waals surface area contributed by atoms with E-state index in [0.717, 1.165) is 28.2 Å². The molecule has 0 aliphatic carbocycles. The molecule has 0 aromatic heterocycles. The number of nitrogens with zero attached hydrogens (tertiary/aromatic N) is 1. The molecule has 0 amide bonds. The second kappa shape index (κ2) is 10.1. The van der Waals surface area contributed by atoms with Gasteiger partial charge in [0.25, 0.3) is 0 Å². The molecule has 1 heterocycles. The Morgan fingerprint density at radius 2 is 1.66 bits per heavy atom. The molecular formula is C26H27ClN2O3. The first-order valence-electron chi connectivity index (χ1n) is 10.9. The minimum atomic E-state index is -0.348. The first-order valence-corrected chi connectivity index (χ1v) is 11.2. The Kier molecular flexibility index (Phi) is 6.98. The monoisotopic (exact) mass is 450 g/mol. The van der Waals surface area contributed by atoms with E-state index in [9.17, 15) is 5.11 Å². The van der Waals surface area contributed by atoms with Gasteiger partial charge in [-0.2, -0.15) is 0 Å². The average molecular weight is 451 g/mol. The van der Waals surface area contributed by atoms with E-state index in [1.807, 2.05) is 74.5 Å². The van der Waals surface area contributed by atoms with Crippen LogP contribution in [0, 0.1) is 0 Å². The van der Waals surface area contributed by atoms with Gasteiger partial charge in [0.2, 0.25) is 0 Å². The first kappa shape index (κ1) is 22.2. The highest BCUT2D eigenvalue weighted by Crippen LogP contribution is 2.39. The molecule has 0 saturated carbocycles. The quantitative estimate of drug-likeness (QED) is 0.459. The Morgan fingerprint density at radius 1 is 0.938 bits per heavy atom. The molecule has 2 N–H and O–H groups in total. The highest BCUT2D eigenvalue weighted by molar-refractivity contribution is 6.31. The number of halogens is 1. The molecule has 1 aliphatic rings. The van der Waals surface area contributed by atoms with Gasteiger partial charge in [-0.15, -0.1) is 0 Å². The van der Waals surface area contributed by atoms with E-state index in [1.54, 1.807) is 6.07 Å². The van der Waals surface area contributed by atoms with Crippen molar-refractivity contribution in [2.45, 2.75) is 32.5 Å². The van der Waals surface area contributed by atoms with Crippen molar-refractivity contribution in [3.8, 4) is 17.2 Å². The van der Waals surface area contributed by atoms with Crippen molar-refractivity contribution < 1.29 is 14.6 Å². The summed E-state index contributed by atoms with van der Waals surface area (Å²) < 4.78 is 11.2. The molecule has 0 spiro atoms. The van der Waals surface area contributed by atoms with Crippen LogP contribution in [-0.4, -0.2) is 24.0 Å². The third-order valence-corrected chi connectivity index (χ3v) is 5.79. The lowest BCUT2D eigenvalue weighted by atomic mass is 9.93. The first-order chi connectivity index (χ1) is 15.6. The van der Waals surface area contributed by atoms with Crippen LogP contribution in [0.1, 0.15) is 49.2 Å². The van der Waals surface area contributed by atoms with Gasteiger partial charge in [-0.25, -0.2) is 0 Å². The minimum absolute atomic E-state index is 0.151. The van der Waals surface area contributed by atoms with E-state index in [4.69, 9.17) is 26.1 Å². The van der Waals surface area contributed by atoms with E-state index in [0.29, 0.717) is 30.4 Å². The molecule has 3 aromatic carbocycles. The Labute approximate surface area is 193 Å². The summed E-state index contributed by atoms with van der Waals surface area (Å²) in [4.78, 5) is 4.99. The van der Waals surface area contributed by atoms with Crippen LogP contribution in [0.15, 0.2) is 71.7 Å². The van der Waals surface area contributed by atoms with Gasteiger partial charge in [-0.05, 0) is 55.8 Å². The number of ether oxygens (including phenoxy) is 2. The molecule has 5 nitrogen and oxygen atoms in total. The van der Waals surface area contributed by atoms with Crippen molar-refractivity contribution >= 4 is 17.3 Å². The second-order valence-corrected chi connectivity index (χ2v) is 7.91. The van der Waals surface area contributed by atoms with Gasteiger partial charge < -0.3 is 14.6 Å². The maximum atomic E-state index is 10.9. The van der Waals surface area contributed by atoms with Crippen molar-refractivity contribution in [3.05, 3.63) is 88.4 Å². The number of aliphatic imine (C=N–C) groups is 1. The zero-order valence-corrected chi connectivity index (χ0v) is 19.0. The molecular weight excluding hydrogens is 424 g/mol. The molecule has 0 saturated heterocycles. The fourth-order valence-corrected chi connectivity index (χ4v) is 4.18. The topological polar surface area (TPSA) is 63.1 Å². The predicted molar refractivity (Wildman–Crippen MR) is 128 cm³/mol. The van der Waals surface area contributed by atoms with Gasteiger partial charge in [0, 0.05) is 34.3 Å². The SMILES string of the molecule is CCOc1ccc(C2=N[C@H](c3ccccc3Cl)N[C@H](c3cccc(OCC)c3O)C2)cc1. The number of benzene rings is 3. The zero-order chi connectivity index (χ0) is 22.5. The number of aromatic hydroxyl groups is 1. The highest BCUT2D eigenvalue weighted by Gasteiger charge is 2.29.